The zero-order chi connectivity index (χ0) is 22.1. The van der Waals surface area contributed by atoms with Crippen molar-refractivity contribution in [2.45, 2.75) is 19.4 Å². The monoisotopic (exact) mass is 414 g/mol. The number of aromatic nitrogens is 1. The highest BCUT2D eigenvalue weighted by atomic mass is 16.6. The van der Waals surface area contributed by atoms with E-state index in [1.807, 2.05) is 36.4 Å². The molecule has 2 aromatic carbocycles. The zero-order valence-corrected chi connectivity index (χ0v) is 16.6. The third-order valence-electron chi connectivity index (χ3n) is 5.32. The number of nitro groups is 1. The van der Waals surface area contributed by atoms with E-state index in [2.05, 4.69) is 0 Å². The van der Waals surface area contributed by atoms with Gasteiger partial charge >= 0.3 is 0 Å². The molecule has 2 heterocycles. The van der Waals surface area contributed by atoms with Gasteiger partial charge in [0.25, 0.3) is 11.2 Å². The van der Waals surface area contributed by atoms with Crippen LogP contribution < -0.4 is 16.0 Å². The zero-order valence-electron chi connectivity index (χ0n) is 16.6. The summed E-state index contributed by atoms with van der Waals surface area (Å²) in [5.74, 6) is -0.977. The molecule has 0 saturated carbocycles. The number of fused-ring (bicyclic) bond motifs is 1. The summed E-state index contributed by atoms with van der Waals surface area (Å²) < 4.78 is 7.17. The summed E-state index contributed by atoms with van der Waals surface area (Å²) in [6, 6.07) is 19.1. The maximum absolute atomic E-state index is 13.6. The number of nitriles is 1. The Kier molecular flexibility index (Phi) is 5.01. The predicted molar refractivity (Wildman–Crippen MR) is 113 cm³/mol. The van der Waals surface area contributed by atoms with Crippen molar-refractivity contribution in [3.8, 4) is 11.8 Å². The Hall–Kier alpha value is -4.38. The second-order valence-electron chi connectivity index (χ2n) is 7.18. The number of nitrogens with zero attached hydrogens (tertiary/aromatic N) is 3. The SMILES string of the molecule is Cc1cc2c(c(=O)n1Cc1ccccc1)[C@H](c1ccccc1[N+](=O)[O-])C(C#N)=C(N)O2. The molecular formula is C23H18N4O4. The number of allylic oxidation sites excluding steroid dienone is 1. The van der Waals surface area contributed by atoms with Gasteiger partial charge in [0, 0.05) is 23.4 Å². The highest BCUT2D eigenvalue weighted by Gasteiger charge is 2.37. The van der Waals surface area contributed by atoms with E-state index < -0.39 is 10.8 Å². The second-order valence-corrected chi connectivity index (χ2v) is 7.18. The molecule has 1 aliphatic heterocycles. The van der Waals surface area contributed by atoms with E-state index in [4.69, 9.17) is 10.5 Å². The predicted octanol–water partition coefficient (Wildman–Crippen LogP) is 3.33. The molecular weight excluding hydrogens is 396 g/mol. The fraction of sp³-hybridized carbons (Fsp3) is 0.130. The molecule has 154 valence electrons. The van der Waals surface area contributed by atoms with E-state index in [0.29, 0.717) is 12.2 Å². The Labute approximate surface area is 177 Å². The molecule has 0 bridgehead atoms. The number of para-hydroxylation sites is 1. The summed E-state index contributed by atoms with van der Waals surface area (Å²) in [6.45, 7) is 2.08. The molecule has 0 unspecified atom stereocenters. The van der Waals surface area contributed by atoms with Crippen LogP contribution in [-0.4, -0.2) is 9.49 Å². The number of nitrogens with two attached hydrogens (primary N) is 1. The Morgan fingerprint density at radius 2 is 1.87 bits per heavy atom. The molecule has 0 fully saturated rings. The second kappa shape index (κ2) is 7.80. The molecule has 8 nitrogen and oxygen atoms in total. The third-order valence-corrected chi connectivity index (χ3v) is 5.32. The molecule has 0 aliphatic carbocycles. The van der Waals surface area contributed by atoms with Crippen LogP contribution in [0.1, 0.15) is 28.3 Å². The molecule has 0 saturated heterocycles. The normalized spacial score (nSPS) is 15.0. The van der Waals surface area contributed by atoms with Crippen LogP contribution >= 0.6 is 0 Å². The topological polar surface area (TPSA) is 124 Å². The van der Waals surface area contributed by atoms with Crippen molar-refractivity contribution in [3.05, 3.63) is 115 Å². The minimum absolute atomic E-state index is 0.0333. The molecule has 0 spiro atoms. The molecule has 1 atom stereocenters. The standard InChI is InChI=1S/C23H18N4O4/c1-14-11-19-21(23(28)26(14)13-15-7-3-2-4-8-15)20(17(12-24)22(25)31-19)16-9-5-6-10-18(16)27(29)30/h2-11,20H,13,25H2,1H3/t20-/m1/s1. The van der Waals surface area contributed by atoms with Crippen LogP contribution in [0.25, 0.3) is 0 Å². The molecule has 0 radical (unpaired) electrons. The molecule has 4 rings (SSSR count). The molecule has 1 aliphatic rings. The maximum Gasteiger partial charge on any atom is 0.273 e. The number of rotatable bonds is 4. The summed E-state index contributed by atoms with van der Waals surface area (Å²) in [5, 5.41) is 21.4. The molecule has 0 amide bonds. The van der Waals surface area contributed by atoms with Crippen LogP contribution in [0, 0.1) is 28.4 Å². The molecule has 8 heteroatoms. The van der Waals surface area contributed by atoms with E-state index in [1.54, 1.807) is 23.6 Å². The first-order valence-electron chi connectivity index (χ1n) is 9.51. The summed E-state index contributed by atoms with van der Waals surface area (Å²) in [6.07, 6.45) is 0. The molecule has 3 aromatic rings. The number of hydrogen-bond donors (Lipinski definition) is 1. The van der Waals surface area contributed by atoms with Gasteiger partial charge in [-0.1, -0.05) is 48.5 Å². The lowest BCUT2D eigenvalue weighted by molar-refractivity contribution is -0.385. The van der Waals surface area contributed by atoms with Crippen molar-refractivity contribution in [1.82, 2.24) is 4.57 Å². The van der Waals surface area contributed by atoms with E-state index in [9.17, 15) is 20.2 Å². The van der Waals surface area contributed by atoms with Crippen molar-refractivity contribution in [2.75, 3.05) is 0 Å². The Balaban J connectivity index is 1.98. The number of ether oxygens (including phenoxy) is 1. The number of pyridine rings is 1. The van der Waals surface area contributed by atoms with E-state index in [-0.39, 0.29) is 39.6 Å². The van der Waals surface area contributed by atoms with E-state index in [1.165, 1.54) is 18.2 Å². The quantitative estimate of drug-likeness (QED) is 0.516. The Morgan fingerprint density at radius 1 is 1.19 bits per heavy atom. The van der Waals surface area contributed by atoms with Crippen LogP contribution in [0.5, 0.6) is 5.75 Å². The first-order chi connectivity index (χ1) is 14.9. The highest BCUT2D eigenvalue weighted by Crippen LogP contribution is 2.43. The largest absolute Gasteiger partial charge is 0.440 e. The van der Waals surface area contributed by atoms with Crippen molar-refractivity contribution in [1.29, 1.82) is 5.26 Å². The van der Waals surface area contributed by atoms with Crippen LogP contribution in [-0.2, 0) is 6.54 Å². The Bertz CT molecular complexity index is 1320. The average molecular weight is 414 g/mol. The van der Waals surface area contributed by atoms with Gasteiger partial charge in [-0.05, 0) is 12.5 Å². The number of benzene rings is 2. The summed E-state index contributed by atoms with van der Waals surface area (Å²) >= 11 is 0. The van der Waals surface area contributed by atoms with Gasteiger partial charge < -0.3 is 15.0 Å². The van der Waals surface area contributed by atoms with Crippen LogP contribution in [0.2, 0.25) is 0 Å². The van der Waals surface area contributed by atoms with Gasteiger partial charge in [-0.25, -0.2) is 0 Å². The van der Waals surface area contributed by atoms with Gasteiger partial charge in [-0.15, -0.1) is 0 Å². The molecule has 31 heavy (non-hydrogen) atoms. The van der Waals surface area contributed by atoms with Gasteiger partial charge in [0.1, 0.15) is 17.4 Å². The first kappa shape index (κ1) is 19.9. The first-order valence-corrected chi connectivity index (χ1v) is 9.51. The smallest absolute Gasteiger partial charge is 0.273 e. The number of nitro benzene ring substituents is 1. The minimum Gasteiger partial charge on any atom is -0.440 e. The number of hydrogen-bond acceptors (Lipinski definition) is 6. The maximum atomic E-state index is 13.6. The fourth-order valence-electron chi connectivity index (χ4n) is 3.86. The lowest BCUT2D eigenvalue weighted by Crippen LogP contribution is -2.33. The average Bonchev–Trinajstić information content (AvgIpc) is 2.76. The van der Waals surface area contributed by atoms with Crippen LogP contribution in [0.4, 0.5) is 5.69 Å². The van der Waals surface area contributed by atoms with E-state index >= 15 is 0 Å². The minimum atomic E-state index is -1.01. The van der Waals surface area contributed by atoms with Gasteiger partial charge in [0.15, 0.2) is 0 Å². The molecule has 1 aromatic heterocycles. The van der Waals surface area contributed by atoms with Gasteiger partial charge in [-0.3, -0.25) is 14.9 Å². The lowest BCUT2D eigenvalue weighted by atomic mass is 9.83. The summed E-state index contributed by atoms with van der Waals surface area (Å²) in [5.41, 5.74) is 7.28. The van der Waals surface area contributed by atoms with Gasteiger partial charge in [-0.2, -0.15) is 5.26 Å². The third kappa shape index (κ3) is 3.42. The summed E-state index contributed by atoms with van der Waals surface area (Å²) in [7, 11) is 0. The fourth-order valence-corrected chi connectivity index (χ4v) is 3.86. The lowest BCUT2D eigenvalue weighted by Gasteiger charge is -2.27. The molecule has 2 N–H and O–H groups in total. The highest BCUT2D eigenvalue weighted by molar-refractivity contribution is 5.59. The van der Waals surface area contributed by atoms with Crippen LogP contribution in [0.3, 0.4) is 0 Å². The van der Waals surface area contributed by atoms with Crippen LogP contribution in [0.15, 0.2) is 76.9 Å². The van der Waals surface area contributed by atoms with E-state index in [0.717, 1.165) is 5.56 Å². The van der Waals surface area contributed by atoms with Gasteiger partial charge in [0.05, 0.1) is 22.9 Å². The summed E-state index contributed by atoms with van der Waals surface area (Å²) in [4.78, 5) is 24.7. The van der Waals surface area contributed by atoms with Gasteiger partial charge in [0.2, 0.25) is 5.88 Å². The van der Waals surface area contributed by atoms with Crippen molar-refractivity contribution in [2.24, 2.45) is 5.73 Å². The Morgan fingerprint density at radius 3 is 2.55 bits per heavy atom. The van der Waals surface area contributed by atoms with Crippen molar-refractivity contribution < 1.29 is 9.66 Å². The van der Waals surface area contributed by atoms with Crippen molar-refractivity contribution >= 4 is 5.69 Å². The number of aryl methyl sites for hydroxylation is 1. The van der Waals surface area contributed by atoms with Crippen molar-refractivity contribution in [3.63, 3.8) is 0 Å².